The van der Waals surface area contributed by atoms with Crippen LogP contribution >= 0.6 is 34.8 Å². The Morgan fingerprint density at radius 3 is 2.67 bits per heavy atom. The lowest BCUT2D eigenvalue weighted by Gasteiger charge is -2.05. The van der Waals surface area contributed by atoms with Gasteiger partial charge in [0.05, 0.1) is 27.1 Å². The van der Waals surface area contributed by atoms with Crippen LogP contribution in [-0.4, -0.2) is 32.4 Å². The molecule has 0 aliphatic carbocycles. The molecule has 2 aromatic heterocycles. The minimum Gasteiger partial charge on any atom is -0.351 e. The highest BCUT2D eigenvalue weighted by Gasteiger charge is 2.13. The van der Waals surface area contributed by atoms with Gasteiger partial charge < -0.3 is 5.32 Å². The predicted molar refractivity (Wildman–Crippen MR) is 108 cm³/mol. The lowest BCUT2D eigenvalue weighted by molar-refractivity contribution is 0.0947. The summed E-state index contributed by atoms with van der Waals surface area (Å²) < 4.78 is 1.85. The van der Waals surface area contributed by atoms with Crippen molar-refractivity contribution in [1.82, 2.24) is 25.3 Å². The second kappa shape index (κ2) is 8.33. The summed E-state index contributed by atoms with van der Waals surface area (Å²) in [4.78, 5) is 12.3. The Bertz CT molecular complexity index is 980. The molecule has 0 saturated heterocycles. The first kappa shape index (κ1) is 19.7. The molecule has 142 valence electrons. The Morgan fingerprint density at radius 2 is 2.00 bits per heavy atom. The first-order valence-corrected chi connectivity index (χ1v) is 9.48. The molecule has 0 radical (unpaired) electrons. The van der Waals surface area contributed by atoms with Gasteiger partial charge in [-0.3, -0.25) is 14.6 Å². The molecule has 0 unspecified atom stereocenters. The molecular weight excluding hydrogens is 409 g/mol. The van der Waals surface area contributed by atoms with E-state index in [0.717, 1.165) is 17.8 Å². The van der Waals surface area contributed by atoms with Gasteiger partial charge in [-0.15, -0.1) is 0 Å². The zero-order chi connectivity index (χ0) is 19.6. The highest BCUT2D eigenvalue weighted by molar-refractivity contribution is 6.36. The largest absolute Gasteiger partial charge is 0.351 e. The number of H-pyrrole nitrogens is 1. The van der Waals surface area contributed by atoms with Gasteiger partial charge in [-0.25, -0.2) is 0 Å². The van der Waals surface area contributed by atoms with E-state index >= 15 is 0 Å². The predicted octanol–water partition coefficient (Wildman–Crippen LogP) is 4.67. The fourth-order valence-electron chi connectivity index (χ4n) is 2.69. The summed E-state index contributed by atoms with van der Waals surface area (Å²) >= 11 is 18.2. The molecule has 6 nitrogen and oxygen atoms in total. The summed E-state index contributed by atoms with van der Waals surface area (Å²) in [6.07, 6.45) is 0.730. The van der Waals surface area contributed by atoms with Crippen molar-refractivity contribution in [3.05, 3.63) is 56.4 Å². The van der Waals surface area contributed by atoms with Crippen LogP contribution in [0.25, 0.3) is 11.3 Å². The van der Waals surface area contributed by atoms with Gasteiger partial charge in [-0.1, -0.05) is 34.8 Å². The molecule has 9 heteroatoms. The molecule has 0 aliphatic rings. The zero-order valence-corrected chi connectivity index (χ0v) is 17.1. The highest BCUT2D eigenvalue weighted by atomic mass is 35.5. The Labute approximate surface area is 171 Å². The average Bonchev–Trinajstić information content (AvgIpc) is 3.20. The zero-order valence-electron chi connectivity index (χ0n) is 14.8. The molecular formula is C18H18Cl3N5O. The molecule has 3 aromatic rings. The Balaban J connectivity index is 1.56. The number of hydrogen-bond donors (Lipinski definition) is 2. The number of halogens is 3. The van der Waals surface area contributed by atoms with Crippen molar-refractivity contribution in [1.29, 1.82) is 0 Å². The quantitative estimate of drug-likeness (QED) is 0.562. The van der Waals surface area contributed by atoms with E-state index in [9.17, 15) is 4.79 Å². The fraction of sp³-hybridized carbons (Fsp3) is 0.278. The number of aromatic amines is 1. The van der Waals surface area contributed by atoms with E-state index in [1.807, 2.05) is 18.5 Å². The van der Waals surface area contributed by atoms with Crippen LogP contribution in [0.5, 0.6) is 0 Å². The molecule has 1 aromatic carbocycles. The van der Waals surface area contributed by atoms with Crippen molar-refractivity contribution in [3.63, 3.8) is 0 Å². The number of aryl methyl sites for hydroxylation is 2. The van der Waals surface area contributed by atoms with Crippen molar-refractivity contribution >= 4 is 40.7 Å². The number of aromatic nitrogens is 4. The third kappa shape index (κ3) is 4.46. The van der Waals surface area contributed by atoms with Crippen molar-refractivity contribution in [2.24, 2.45) is 0 Å². The van der Waals surface area contributed by atoms with Crippen LogP contribution in [0, 0.1) is 13.8 Å². The van der Waals surface area contributed by atoms with E-state index < -0.39 is 0 Å². The molecule has 27 heavy (non-hydrogen) atoms. The van der Waals surface area contributed by atoms with Gasteiger partial charge in [-0.2, -0.15) is 10.2 Å². The average molecular weight is 427 g/mol. The molecule has 0 saturated carbocycles. The number of carbonyl (C=O) groups is 1. The maximum atomic E-state index is 12.3. The van der Waals surface area contributed by atoms with E-state index in [2.05, 4.69) is 20.6 Å². The molecule has 0 bridgehead atoms. The Morgan fingerprint density at radius 1 is 1.22 bits per heavy atom. The second-order valence-electron chi connectivity index (χ2n) is 6.11. The molecule has 1 amide bonds. The minimum atomic E-state index is -0.231. The van der Waals surface area contributed by atoms with Gasteiger partial charge >= 0.3 is 0 Å². The summed E-state index contributed by atoms with van der Waals surface area (Å²) in [7, 11) is 0. The van der Waals surface area contributed by atoms with E-state index in [0.29, 0.717) is 45.1 Å². The van der Waals surface area contributed by atoms with Crippen molar-refractivity contribution in [3.8, 4) is 11.3 Å². The molecule has 2 heterocycles. The molecule has 2 N–H and O–H groups in total. The van der Waals surface area contributed by atoms with Gasteiger partial charge in [0.2, 0.25) is 0 Å². The van der Waals surface area contributed by atoms with Gasteiger partial charge in [0.25, 0.3) is 5.91 Å². The second-order valence-corrected chi connectivity index (χ2v) is 7.33. The number of carbonyl (C=O) groups excluding carboxylic acids is 1. The number of nitrogens with zero attached hydrogens (tertiary/aromatic N) is 3. The summed E-state index contributed by atoms with van der Waals surface area (Å²) in [6, 6.07) is 6.79. The lowest BCUT2D eigenvalue weighted by Crippen LogP contribution is -2.25. The van der Waals surface area contributed by atoms with Gasteiger partial charge in [-0.05, 0) is 44.5 Å². The Kier molecular flexibility index (Phi) is 6.09. The summed E-state index contributed by atoms with van der Waals surface area (Å²) in [6.45, 7) is 4.98. The fourth-order valence-corrected chi connectivity index (χ4v) is 3.33. The van der Waals surface area contributed by atoms with E-state index in [1.54, 1.807) is 24.3 Å². The first-order chi connectivity index (χ1) is 12.9. The van der Waals surface area contributed by atoms with Crippen LogP contribution in [0.4, 0.5) is 0 Å². The van der Waals surface area contributed by atoms with Crippen LogP contribution in [0.3, 0.4) is 0 Å². The van der Waals surface area contributed by atoms with Crippen LogP contribution in [0.2, 0.25) is 15.1 Å². The first-order valence-electron chi connectivity index (χ1n) is 8.35. The van der Waals surface area contributed by atoms with Gasteiger partial charge in [0.1, 0.15) is 5.69 Å². The third-order valence-electron chi connectivity index (χ3n) is 4.16. The van der Waals surface area contributed by atoms with Crippen LogP contribution in [0.15, 0.2) is 24.3 Å². The maximum Gasteiger partial charge on any atom is 0.269 e. The minimum absolute atomic E-state index is 0.231. The normalized spacial score (nSPS) is 11.0. The van der Waals surface area contributed by atoms with Crippen LogP contribution in [0.1, 0.15) is 28.3 Å². The molecule has 3 rings (SSSR count). The van der Waals surface area contributed by atoms with E-state index in [-0.39, 0.29) is 5.91 Å². The number of benzene rings is 1. The van der Waals surface area contributed by atoms with Crippen molar-refractivity contribution < 1.29 is 4.79 Å². The number of hydrogen-bond acceptors (Lipinski definition) is 3. The third-order valence-corrected chi connectivity index (χ3v) is 5.25. The van der Waals surface area contributed by atoms with Crippen LogP contribution in [-0.2, 0) is 6.54 Å². The molecule has 0 fully saturated rings. The summed E-state index contributed by atoms with van der Waals surface area (Å²) in [5.74, 6) is -0.231. The number of amides is 1. The standard InChI is InChI=1S/C18H18Cl3N5O/c1-10-17(21)11(2)26(25-10)7-3-6-22-18(27)16-9-15(23-24-16)13-5-4-12(19)8-14(13)20/h4-5,8-9H,3,6-7H2,1-2H3,(H,22,27)(H,23,24). The van der Waals surface area contributed by atoms with Crippen LogP contribution < -0.4 is 5.32 Å². The summed E-state index contributed by atoms with van der Waals surface area (Å²) in [5.41, 5.74) is 3.39. The number of rotatable bonds is 6. The van der Waals surface area contributed by atoms with Crippen molar-refractivity contribution in [2.45, 2.75) is 26.8 Å². The monoisotopic (exact) mass is 425 g/mol. The lowest BCUT2D eigenvalue weighted by atomic mass is 10.1. The Hall–Kier alpha value is -2.02. The van der Waals surface area contributed by atoms with Gasteiger partial charge in [0.15, 0.2) is 0 Å². The molecule has 0 atom stereocenters. The smallest absolute Gasteiger partial charge is 0.269 e. The van der Waals surface area contributed by atoms with Crippen molar-refractivity contribution in [2.75, 3.05) is 6.54 Å². The molecule has 0 spiro atoms. The topological polar surface area (TPSA) is 75.6 Å². The van der Waals surface area contributed by atoms with Gasteiger partial charge in [0, 0.05) is 23.7 Å². The maximum absolute atomic E-state index is 12.3. The molecule has 0 aliphatic heterocycles. The highest BCUT2D eigenvalue weighted by Crippen LogP contribution is 2.29. The SMILES string of the molecule is Cc1nn(CCCNC(=O)c2cc(-c3ccc(Cl)cc3Cl)n[nH]2)c(C)c1Cl. The van der Waals surface area contributed by atoms with E-state index in [4.69, 9.17) is 34.8 Å². The van der Waals surface area contributed by atoms with E-state index in [1.165, 1.54) is 0 Å². The number of nitrogens with one attached hydrogen (secondary N) is 2. The summed E-state index contributed by atoms with van der Waals surface area (Å²) in [5, 5.41) is 15.8.